The highest BCUT2D eigenvalue weighted by Gasteiger charge is 2.34. The van der Waals surface area contributed by atoms with Gasteiger partial charge in [0.1, 0.15) is 5.84 Å². The molecule has 1 N–H and O–H groups in total. The van der Waals surface area contributed by atoms with Crippen LogP contribution in [0, 0.1) is 0 Å². The fourth-order valence-electron chi connectivity index (χ4n) is 4.10. The van der Waals surface area contributed by atoms with Crippen LogP contribution in [-0.2, 0) is 9.53 Å². The van der Waals surface area contributed by atoms with Crippen molar-refractivity contribution in [2.45, 2.75) is 13.0 Å². The normalized spacial score (nSPS) is 20.5. The number of amides is 1. The number of anilines is 1. The number of ether oxygens (including phenoxy) is 1. The van der Waals surface area contributed by atoms with Crippen molar-refractivity contribution in [3.63, 3.8) is 0 Å². The smallest absolute Gasteiger partial charge is 0.253 e. The maximum Gasteiger partial charge on any atom is 0.253 e. The lowest BCUT2D eigenvalue weighted by Gasteiger charge is -2.35. The minimum absolute atomic E-state index is 0.0402. The summed E-state index contributed by atoms with van der Waals surface area (Å²) in [5.41, 5.74) is 2.16. The molecule has 1 unspecified atom stereocenters. The molecule has 172 valence electrons. The van der Waals surface area contributed by atoms with E-state index in [1.807, 2.05) is 18.2 Å². The molecule has 8 nitrogen and oxygen atoms in total. The van der Waals surface area contributed by atoms with Crippen LogP contribution in [0.1, 0.15) is 18.5 Å². The first-order valence-electron chi connectivity index (χ1n) is 10.9. The van der Waals surface area contributed by atoms with Crippen molar-refractivity contribution in [1.82, 2.24) is 20.2 Å². The van der Waals surface area contributed by atoms with Crippen LogP contribution in [0.5, 0.6) is 0 Å². The number of aromatic nitrogens is 2. The van der Waals surface area contributed by atoms with Gasteiger partial charge in [0.15, 0.2) is 0 Å². The van der Waals surface area contributed by atoms with Gasteiger partial charge in [-0.15, -0.1) is 0 Å². The minimum Gasteiger partial charge on any atom is -0.379 e. The van der Waals surface area contributed by atoms with E-state index in [1.54, 1.807) is 43.5 Å². The van der Waals surface area contributed by atoms with Gasteiger partial charge in [0.05, 0.1) is 24.8 Å². The lowest BCUT2D eigenvalue weighted by molar-refractivity contribution is -0.117. The molecule has 0 aliphatic carbocycles. The Morgan fingerprint density at radius 2 is 1.88 bits per heavy atom. The van der Waals surface area contributed by atoms with Crippen molar-refractivity contribution in [3.8, 4) is 0 Å². The van der Waals surface area contributed by atoms with E-state index >= 15 is 0 Å². The number of carbonyl (C=O) groups excluding carboxylic acids is 1. The van der Waals surface area contributed by atoms with E-state index in [9.17, 15) is 4.79 Å². The number of hydrogen-bond acceptors (Lipinski definition) is 6. The summed E-state index contributed by atoms with van der Waals surface area (Å²) in [6.45, 7) is 5.20. The van der Waals surface area contributed by atoms with Gasteiger partial charge in [-0.2, -0.15) is 0 Å². The van der Waals surface area contributed by atoms with Crippen LogP contribution < -0.4 is 10.2 Å². The Balaban J connectivity index is 1.58. The molecule has 1 fully saturated rings. The Bertz CT molecular complexity index is 1060. The van der Waals surface area contributed by atoms with E-state index in [1.165, 1.54) is 0 Å². The number of hydrogen-bond donors (Lipinski definition) is 1. The molecular weight excluding hydrogens is 440 g/mol. The van der Waals surface area contributed by atoms with Gasteiger partial charge in [-0.1, -0.05) is 41.9 Å². The first-order chi connectivity index (χ1) is 16.1. The van der Waals surface area contributed by atoms with E-state index < -0.39 is 0 Å². The monoisotopic (exact) mass is 466 g/mol. The molecule has 2 aliphatic heterocycles. The molecule has 4 rings (SSSR count). The molecule has 1 aromatic carbocycles. The molecule has 33 heavy (non-hydrogen) atoms. The number of rotatable bonds is 6. The van der Waals surface area contributed by atoms with Crippen molar-refractivity contribution in [2.24, 2.45) is 4.99 Å². The summed E-state index contributed by atoms with van der Waals surface area (Å²) in [4.78, 5) is 30.4. The van der Waals surface area contributed by atoms with E-state index in [0.29, 0.717) is 47.7 Å². The number of aliphatic imine (C=N–C) groups is 1. The fraction of sp³-hybridized carbons (Fsp3) is 0.333. The molecule has 9 heteroatoms. The zero-order valence-electron chi connectivity index (χ0n) is 18.7. The Morgan fingerprint density at radius 3 is 2.52 bits per heavy atom. The van der Waals surface area contributed by atoms with Gasteiger partial charge in [-0.25, -0.2) is 9.97 Å². The lowest BCUT2D eigenvalue weighted by Crippen LogP contribution is -2.44. The first-order valence-corrected chi connectivity index (χ1v) is 11.2. The zero-order valence-corrected chi connectivity index (χ0v) is 19.5. The van der Waals surface area contributed by atoms with Crippen molar-refractivity contribution in [3.05, 3.63) is 76.7 Å². The van der Waals surface area contributed by atoms with Gasteiger partial charge in [0.2, 0.25) is 5.95 Å². The van der Waals surface area contributed by atoms with Crippen LogP contribution in [0.25, 0.3) is 0 Å². The quantitative estimate of drug-likeness (QED) is 0.704. The minimum atomic E-state index is -0.223. The van der Waals surface area contributed by atoms with Crippen LogP contribution in [0.2, 0.25) is 0 Å². The Hall–Kier alpha value is -3.07. The molecule has 0 spiro atoms. The second-order valence-corrected chi connectivity index (χ2v) is 8.27. The predicted octanol–water partition coefficient (Wildman–Crippen LogP) is 2.91. The molecule has 1 atom stereocenters. The number of morpholine rings is 1. The molecule has 3 heterocycles. The molecule has 0 radical (unpaired) electrons. The Morgan fingerprint density at radius 1 is 1.18 bits per heavy atom. The van der Waals surface area contributed by atoms with Crippen LogP contribution in [0.15, 0.2) is 76.2 Å². The summed E-state index contributed by atoms with van der Waals surface area (Å²) < 4.78 is 5.52. The number of nitrogens with zero attached hydrogens (tertiary/aromatic N) is 5. The van der Waals surface area contributed by atoms with Gasteiger partial charge in [0.25, 0.3) is 5.91 Å². The molecule has 1 amide bonds. The number of amidine groups is 1. The Labute approximate surface area is 198 Å². The second-order valence-electron chi connectivity index (χ2n) is 7.70. The van der Waals surface area contributed by atoms with E-state index in [-0.39, 0.29) is 11.9 Å². The maximum atomic E-state index is 13.4. The van der Waals surface area contributed by atoms with Gasteiger partial charge < -0.3 is 10.1 Å². The first kappa shape index (κ1) is 23.1. The fourth-order valence-corrected chi connectivity index (χ4v) is 4.29. The van der Waals surface area contributed by atoms with Gasteiger partial charge in [-0.3, -0.25) is 19.6 Å². The van der Waals surface area contributed by atoms with Crippen LogP contribution in [-0.4, -0.2) is 66.5 Å². The molecule has 1 aromatic heterocycles. The number of nitrogens with one attached hydrogen (secondary N) is 1. The number of carbonyl (C=O) groups is 1. The van der Waals surface area contributed by atoms with Crippen molar-refractivity contribution < 1.29 is 9.53 Å². The molecule has 2 aliphatic rings. The van der Waals surface area contributed by atoms with Crippen molar-refractivity contribution in [1.29, 1.82) is 0 Å². The van der Waals surface area contributed by atoms with Crippen molar-refractivity contribution >= 4 is 29.3 Å². The van der Waals surface area contributed by atoms with Gasteiger partial charge in [0, 0.05) is 55.9 Å². The highest BCUT2D eigenvalue weighted by molar-refractivity contribution is 6.36. The highest BCUT2D eigenvalue weighted by atomic mass is 35.5. The number of halogens is 1. The largest absolute Gasteiger partial charge is 0.379 e. The zero-order chi connectivity index (χ0) is 23.2. The topological polar surface area (TPSA) is 83.0 Å². The molecule has 1 saturated heterocycles. The molecular formula is C24H27ClN6O2. The standard InChI is InChI=1S/C24H27ClN6O2/c1-17(25)21-19(16-31(22(21)26-2)24-27-9-6-10-28-24)23(32)29-15-20(18-7-4-3-5-8-18)30-11-13-33-14-12-30/h3-10,16,20H,11-15H2,1-2H3,(H,29,32)/b21-17+,26-22?. The summed E-state index contributed by atoms with van der Waals surface area (Å²) in [6.07, 6.45) is 4.98. The highest BCUT2D eigenvalue weighted by Crippen LogP contribution is 2.31. The molecule has 0 bridgehead atoms. The van der Waals surface area contributed by atoms with Gasteiger partial charge in [-0.05, 0) is 18.6 Å². The van der Waals surface area contributed by atoms with E-state index in [2.05, 4.69) is 37.3 Å². The lowest BCUT2D eigenvalue weighted by atomic mass is 10.0. The summed E-state index contributed by atoms with van der Waals surface area (Å²) in [7, 11) is 1.66. The van der Waals surface area contributed by atoms with Crippen LogP contribution in [0.4, 0.5) is 5.95 Å². The van der Waals surface area contributed by atoms with Crippen LogP contribution >= 0.6 is 11.6 Å². The van der Waals surface area contributed by atoms with E-state index in [0.717, 1.165) is 18.7 Å². The third-order valence-corrected chi connectivity index (χ3v) is 5.86. The summed E-state index contributed by atoms with van der Waals surface area (Å²) in [5.74, 6) is 0.734. The number of allylic oxidation sites excluding steroid dienone is 1. The average molecular weight is 467 g/mol. The molecule has 0 saturated carbocycles. The van der Waals surface area contributed by atoms with Crippen molar-refractivity contribution in [2.75, 3.05) is 44.8 Å². The third-order valence-electron chi connectivity index (χ3n) is 5.67. The van der Waals surface area contributed by atoms with Gasteiger partial charge >= 0.3 is 0 Å². The average Bonchev–Trinajstić information content (AvgIpc) is 3.26. The summed E-state index contributed by atoms with van der Waals surface area (Å²) in [6, 6.07) is 12.0. The second kappa shape index (κ2) is 10.7. The van der Waals surface area contributed by atoms with Crippen LogP contribution in [0.3, 0.4) is 0 Å². The summed E-state index contributed by atoms with van der Waals surface area (Å²) in [5, 5.41) is 3.59. The third kappa shape index (κ3) is 5.13. The summed E-state index contributed by atoms with van der Waals surface area (Å²) >= 11 is 6.42. The molecule has 2 aromatic rings. The SMILES string of the molecule is CN=C1/C(=C(\C)Cl)C(C(=O)NCC(c2ccccc2)N2CCOCC2)=CN1c1ncccn1. The number of benzene rings is 1. The Kier molecular flexibility index (Phi) is 7.49. The predicted molar refractivity (Wildman–Crippen MR) is 129 cm³/mol. The maximum absolute atomic E-state index is 13.4. The van der Waals surface area contributed by atoms with E-state index in [4.69, 9.17) is 16.3 Å².